The van der Waals surface area contributed by atoms with Crippen molar-refractivity contribution in [2.75, 3.05) is 12.3 Å². The van der Waals surface area contributed by atoms with E-state index in [1.165, 1.54) is 6.33 Å². The second-order valence-corrected chi connectivity index (χ2v) is 5.65. The summed E-state index contributed by atoms with van der Waals surface area (Å²) >= 11 is 0. The van der Waals surface area contributed by atoms with Crippen LogP contribution >= 0.6 is 0 Å². The third-order valence-electron chi connectivity index (χ3n) is 4.42. The van der Waals surface area contributed by atoms with Gasteiger partial charge in [-0.1, -0.05) is 12.2 Å². The van der Waals surface area contributed by atoms with E-state index in [1.807, 2.05) is 0 Å². The lowest BCUT2D eigenvalue weighted by Crippen LogP contribution is -2.21. The van der Waals surface area contributed by atoms with Gasteiger partial charge in [-0.15, -0.1) is 13.2 Å². The molecule has 126 valence electrons. The van der Waals surface area contributed by atoms with Crippen LogP contribution in [0.3, 0.4) is 0 Å². The summed E-state index contributed by atoms with van der Waals surface area (Å²) in [5, 5.41) is 9.95. The van der Waals surface area contributed by atoms with Gasteiger partial charge in [0.2, 0.25) is 0 Å². The lowest BCUT2D eigenvalue weighted by Gasteiger charge is -2.19. The van der Waals surface area contributed by atoms with E-state index in [9.17, 15) is 9.90 Å². The highest BCUT2D eigenvalue weighted by Crippen LogP contribution is 2.42. The standard InChI is InChI=1S/C16H19N5O3/c1-3-8-9(4-2)16(24-11(8)6-22)21-5-10(14(18)23)12-13(17)19-7-20-15(12)21/h3-5,7-9,11,16,22H,1-2,6H2,(H2,18,23)(H2,17,19,20)/t8-,9+,11+,16+/m0/s1. The number of carbonyl (C=O) groups excluding carboxylic acids is 1. The summed E-state index contributed by atoms with van der Waals surface area (Å²) in [6, 6.07) is 0. The molecular weight excluding hydrogens is 310 g/mol. The minimum atomic E-state index is -0.632. The van der Waals surface area contributed by atoms with Crippen LogP contribution in [0, 0.1) is 11.8 Å². The van der Waals surface area contributed by atoms with Crippen molar-refractivity contribution in [1.82, 2.24) is 14.5 Å². The SMILES string of the molecule is C=C[C@@H]1[C@H](C=C)[C@@H](CO)O[C@H]1n1cc(C(N)=O)c2c(N)ncnc21. The number of nitrogens with zero attached hydrogens (tertiary/aromatic N) is 3. The molecule has 5 N–H and O–H groups in total. The molecule has 2 aromatic heterocycles. The molecule has 0 aromatic carbocycles. The van der Waals surface area contributed by atoms with E-state index in [2.05, 4.69) is 23.1 Å². The molecule has 8 heteroatoms. The molecule has 1 saturated heterocycles. The van der Waals surface area contributed by atoms with Gasteiger partial charge in [-0.2, -0.15) is 0 Å². The molecule has 0 bridgehead atoms. The highest BCUT2D eigenvalue weighted by molar-refractivity contribution is 6.08. The molecule has 1 fully saturated rings. The quantitative estimate of drug-likeness (QED) is 0.689. The Morgan fingerprint density at radius 1 is 1.38 bits per heavy atom. The summed E-state index contributed by atoms with van der Waals surface area (Å²) in [6.07, 6.45) is 5.39. The van der Waals surface area contributed by atoms with Crippen LogP contribution in [0.4, 0.5) is 5.82 Å². The Kier molecular flexibility index (Phi) is 4.08. The summed E-state index contributed by atoms with van der Waals surface area (Å²) < 4.78 is 7.65. The van der Waals surface area contributed by atoms with Gasteiger partial charge >= 0.3 is 0 Å². The number of nitrogens with two attached hydrogens (primary N) is 2. The molecule has 1 aliphatic heterocycles. The van der Waals surface area contributed by atoms with E-state index in [-0.39, 0.29) is 29.8 Å². The molecule has 1 amide bonds. The minimum absolute atomic E-state index is 0.119. The van der Waals surface area contributed by atoms with Crippen LogP contribution in [0.15, 0.2) is 37.8 Å². The predicted molar refractivity (Wildman–Crippen MR) is 88.8 cm³/mol. The van der Waals surface area contributed by atoms with Crippen molar-refractivity contribution < 1.29 is 14.6 Å². The van der Waals surface area contributed by atoms with Crippen LogP contribution in [0.25, 0.3) is 11.0 Å². The van der Waals surface area contributed by atoms with Crippen LogP contribution < -0.4 is 11.5 Å². The summed E-state index contributed by atoms with van der Waals surface area (Å²) in [7, 11) is 0. The number of nitrogen functional groups attached to an aromatic ring is 1. The number of anilines is 1. The third kappa shape index (κ3) is 2.27. The number of aliphatic hydroxyl groups excluding tert-OH is 1. The van der Waals surface area contributed by atoms with Gasteiger partial charge in [-0.25, -0.2) is 9.97 Å². The molecule has 4 atom stereocenters. The van der Waals surface area contributed by atoms with Crippen molar-refractivity contribution in [1.29, 1.82) is 0 Å². The van der Waals surface area contributed by atoms with E-state index < -0.39 is 18.2 Å². The van der Waals surface area contributed by atoms with Gasteiger partial charge in [0.25, 0.3) is 5.91 Å². The normalized spacial score (nSPS) is 26.5. The van der Waals surface area contributed by atoms with Gasteiger partial charge in [-0.05, 0) is 0 Å². The number of amides is 1. The van der Waals surface area contributed by atoms with Crippen molar-refractivity contribution in [2.24, 2.45) is 17.6 Å². The molecule has 3 heterocycles. The molecule has 0 aliphatic carbocycles. The lowest BCUT2D eigenvalue weighted by atomic mass is 9.89. The molecule has 0 unspecified atom stereocenters. The highest BCUT2D eigenvalue weighted by atomic mass is 16.5. The second kappa shape index (κ2) is 6.06. The first-order chi connectivity index (χ1) is 11.5. The van der Waals surface area contributed by atoms with Gasteiger partial charge < -0.3 is 25.9 Å². The molecule has 0 spiro atoms. The van der Waals surface area contributed by atoms with E-state index in [1.54, 1.807) is 22.9 Å². The first-order valence-corrected chi connectivity index (χ1v) is 7.45. The number of aromatic nitrogens is 3. The van der Waals surface area contributed by atoms with Crippen LogP contribution in [0.2, 0.25) is 0 Å². The Balaban J connectivity index is 2.19. The zero-order valence-electron chi connectivity index (χ0n) is 13.0. The highest BCUT2D eigenvalue weighted by Gasteiger charge is 2.42. The molecule has 24 heavy (non-hydrogen) atoms. The number of aliphatic hydroxyl groups is 1. The van der Waals surface area contributed by atoms with Gasteiger partial charge in [-0.3, -0.25) is 4.79 Å². The fourth-order valence-electron chi connectivity index (χ4n) is 3.29. The summed E-state index contributed by atoms with van der Waals surface area (Å²) in [5.74, 6) is -0.745. The van der Waals surface area contributed by atoms with Gasteiger partial charge in [0.15, 0.2) is 0 Å². The summed E-state index contributed by atoms with van der Waals surface area (Å²) in [5.41, 5.74) is 12.0. The molecular formula is C16H19N5O3. The van der Waals surface area contributed by atoms with E-state index in [0.717, 1.165) is 0 Å². The Morgan fingerprint density at radius 3 is 2.67 bits per heavy atom. The van der Waals surface area contributed by atoms with Crippen LogP contribution in [-0.4, -0.2) is 38.3 Å². The average molecular weight is 329 g/mol. The van der Waals surface area contributed by atoms with Crippen LogP contribution in [0.5, 0.6) is 0 Å². The fourth-order valence-corrected chi connectivity index (χ4v) is 3.29. The van der Waals surface area contributed by atoms with E-state index in [0.29, 0.717) is 11.0 Å². The summed E-state index contributed by atoms with van der Waals surface area (Å²) in [6.45, 7) is 7.51. The fraction of sp³-hybridized carbons (Fsp3) is 0.312. The third-order valence-corrected chi connectivity index (χ3v) is 4.42. The van der Waals surface area contributed by atoms with Crippen molar-refractivity contribution in [3.8, 4) is 0 Å². The number of hydrogen-bond donors (Lipinski definition) is 3. The van der Waals surface area contributed by atoms with Crippen LogP contribution in [-0.2, 0) is 4.74 Å². The van der Waals surface area contributed by atoms with Crippen molar-refractivity contribution in [2.45, 2.75) is 12.3 Å². The maximum Gasteiger partial charge on any atom is 0.251 e. The Labute approximate surface area is 138 Å². The predicted octanol–water partition coefficient (Wildman–Crippen LogP) is 0.607. The van der Waals surface area contributed by atoms with Gasteiger partial charge in [0.1, 0.15) is 24.0 Å². The van der Waals surface area contributed by atoms with Crippen molar-refractivity contribution >= 4 is 22.8 Å². The van der Waals surface area contributed by atoms with E-state index in [4.69, 9.17) is 16.2 Å². The molecule has 1 aliphatic rings. The van der Waals surface area contributed by atoms with Gasteiger partial charge in [0.05, 0.1) is 23.7 Å². The molecule has 8 nitrogen and oxygen atoms in total. The van der Waals surface area contributed by atoms with E-state index >= 15 is 0 Å². The smallest absolute Gasteiger partial charge is 0.251 e. The average Bonchev–Trinajstić information content (AvgIpc) is 3.12. The lowest BCUT2D eigenvalue weighted by molar-refractivity contribution is -0.0303. The van der Waals surface area contributed by atoms with Gasteiger partial charge in [0, 0.05) is 18.0 Å². The Morgan fingerprint density at radius 2 is 2.08 bits per heavy atom. The number of rotatable bonds is 5. The monoisotopic (exact) mass is 329 g/mol. The molecule has 3 rings (SSSR count). The zero-order valence-corrected chi connectivity index (χ0v) is 13.0. The largest absolute Gasteiger partial charge is 0.394 e. The molecule has 0 saturated carbocycles. The topological polar surface area (TPSA) is 129 Å². The first kappa shape index (κ1) is 16.2. The maximum absolute atomic E-state index is 11.8. The first-order valence-electron chi connectivity index (χ1n) is 7.45. The molecule has 2 aromatic rings. The minimum Gasteiger partial charge on any atom is -0.394 e. The number of primary amides is 1. The Hall–Kier alpha value is -2.71. The number of ether oxygens (including phenoxy) is 1. The maximum atomic E-state index is 11.8. The number of carbonyl (C=O) groups is 1. The Bertz CT molecular complexity index is 815. The van der Waals surface area contributed by atoms with Crippen molar-refractivity contribution in [3.63, 3.8) is 0 Å². The number of hydrogen-bond acceptors (Lipinski definition) is 6. The zero-order chi connectivity index (χ0) is 17.4. The number of fused-ring (bicyclic) bond motifs is 1. The molecule has 0 radical (unpaired) electrons. The summed E-state index contributed by atoms with van der Waals surface area (Å²) in [4.78, 5) is 19.9. The van der Waals surface area contributed by atoms with Crippen LogP contribution in [0.1, 0.15) is 16.6 Å². The second-order valence-electron chi connectivity index (χ2n) is 5.65. The van der Waals surface area contributed by atoms with Crippen molar-refractivity contribution in [3.05, 3.63) is 43.4 Å².